The zero-order chi connectivity index (χ0) is 19.3. The molecule has 1 aromatic carbocycles. The molecule has 3 N–H and O–H groups in total. The molecule has 146 valence electrons. The third kappa shape index (κ3) is 4.25. The maximum Gasteiger partial charge on any atom is 0.267 e. The largest absolute Gasteiger partial charge is 0.357 e. The number of aromatic amines is 1. The van der Waals surface area contributed by atoms with Gasteiger partial charge < -0.3 is 15.6 Å². The third-order valence-electron chi connectivity index (χ3n) is 5.91. The molecule has 2 heterocycles. The molecular weight excluding hydrogens is 348 g/mol. The molecule has 1 amide bonds. The average Bonchev–Trinajstić information content (AvgIpc) is 3.17. The molecule has 0 unspecified atom stereocenters. The van der Waals surface area contributed by atoms with E-state index in [0.29, 0.717) is 17.7 Å². The van der Waals surface area contributed by atoms with Crippen molar-refractivity contribution >= 4 is 16.7 Å². The Labute approximate surface area is 166 Å². The predicted octanol–water partition coefficient (Wildman–Crippen LogP) is 3.95. The second-order valence-corrected chi connectivity index (χ2v) is 7.86. The first-order valence-electron chi connectivity index (χ1n) is 10.2. The van der Waals surface area contributed by atoms with E-state index in [1.54, 1.807) is 0 Å². The highest BCUT2D eigenvalue weighted by Gasteiger charge is 2.22. The lowest BCUT2D eigenvalue weighted by Gasteiger charge is -2.29. The Bertz CT molecular complexity index is 935. The molecule has 3 aromatic rings. The number of hydrogen-bond acceptors (Lipinski definition) is 3. The SMILES string of the molecule is Cc1cc[nH]c1C(=O)NCC1CCC(NCc2cncc3ccccc23)CC1. The van der Waals surface area contributed by atoms with Crippen LogP contribution in [-0.2, 0) is 6.54 Å². The summed E-state index contributed by atoms with van der Waals surface area (Å²) in [6.07, 6.45) is 10.3. The van der Waals surface area contributed by atoms with E-state index in [2.05, 4.69) is 44.9 Å². The number of amides is 1. The van der Waals surface area contributed by atoms with E-state index in [-0.39, 0.29) is 5.91 Å². The van der Waals surface area contributed by atoms with Crippen LogP contribution in [0.1, 0.15) is 47.3 Å². The molecule has 0 bridgehead atoms. The molecule has 0 radical (unpaired) electrons. The van der Waals surface area contributed by atoms with Crippen LogP contribution >= 0.6 is 0 Å². The number of benzene rings is 1. The van der Waals surface area contributed by atoms with Crippen LogP contribution in [-0.4, -0.2) is 28.5 Å². The van der Waals surface area contributed by atoms with E-state index >= 15 is 0 Å². The quantitative estimate of drug-likeness (QED) is 0.610. The van der Waals surface area contributed by atoms with Crippen LogP contribution in [0.25, 0.3) is 10.8 Å². The van der Waals surface area contributed by atoms with E-state index in [9.17, 15) is 4.79 Å². The number of H-pyrrole nitrogens is 1. The first kappa shape index (κ1) is 18.7. The van der Waals surface area contributed by atoms with Crippen molar-refractivity contribution in [2.45, 2.75) is 45.2 Å². The lowest BCUT2D eigenvalue weighted by atomic mass is 9.86. The number of aromatic nitrogens is 2. The normalized spacial score (nSPS) is 19.6. The van der Waals surface area contributed by atoms with Crippen molar-refractivity contribution in [1.29, 1.82) is 0 Å². The van der Waals surface area contributed by atoms with Crippen LogP contribution < -0.4 is 10.6 Å². The van der Waals surface area contributed by atoms with Crippen LogP contribution in [0.2, 0.25) is 0 Å². The van der Waals surface area contributed by atoms with Crippen LogP contribution in [0.4, 0.5) is 0 Å². The minimum absolute atomic E-state index is 0.00574. The standard InChI is InChI=1S/C23H28N4O/c1-16-10-11-25-22(16)23(28)27-12-17-6-8-20(9-7-17)26-15-19-14-24-13-18-4-2-3-5-21(18)19/h2-5,10-11,13-14,17,20,25-26H,6-9,12,15H2,1H3,(H,27,28). The predicted molar refractivity (Wildman–Crippen MR) is 112 cm³/mol. The smallest absolute Gasteiger partial charge is 0.267 e. The first-order valence-corrected chi connectivity index (χ1v) is 10.2. The molecule has 0 spiro atoms. The summed E-state index contributed by atoms with van der Waals surface area (Å²) in [5.74, 6) is 0.572. The van der Waals surface area contributed by atoms with E-state index < -0.39 is 0 Å². The van der Waals surface area contributed by atoms with Crippen molar-refractivity contribution in [2.24, 2.45) is 5.92 Å². The number of carbonyl (C=O) groups excluding carboxylic acids is 1. The number of rotatable bonds is 6. The summed E-state index contributed by atoms with van der Waals surface area (Å²) in [4.78, 5) is 19.6. The molecule has 1 saturated carbocycles. The number of nitrogens with one attached hydrogen (secondary N) is 3. The Morgan fingerprint density at radius 3 is 2.75 bits per heavy atom. The highest BCUT2D eigenvalue weighted by Crippen LogP contribution is 2.25. The van der Waals surface area contributed by atoms with Gasteiger partial charge in [-0.3, -0.25) is 9.78 Å². The summed E-state index contributed by atoms with van der Waals surface area (Å²) < 4.78 is 0. The second-order valence-electron chi connectivity index (χ2n) is 7.86. The van der Waals surface area contributed by atoms with Gasteiger partial charge in [0.25, 0.3) is 5.91 Å². The zero-order valence-electron chi connectivity index (χ0n) is 16.4. The summed E-state index contributed by atoms with van der Waals surface area (Å²) in [6, 6.07) is 10.9. The second kappa shape index (κ2) is 8.57. The van der Waals surface area contributed by atoms with Gasteiger partial charge in [-0.25, -0.2) is 0 Å². The summed E-state index contributed by atoms with van der Waals surface area (Å²) in [5.41, 5.74) is 2.93. The molecule has 5 nitrogen and oxygen atoms in total. The van der Waals surface area contributed by atoms with Gasteiger partial charge in [0.2, 0.25) is 0 Å². The Morgan fingerprint density at radius 2 is 1.96 bits per heavy atom. The summed E-state index contributed by atoms with van der Waals surface area (Å²) in [7, 11) is 0. The summed E-state index contributed by atoms with van der Waals surface area (Å²) in [6.45, 7) is 3.57. The molecule has 1 aliphatic rings. The monoisotopic (exact) mass is 376 g/mol. The first-order chi connectivity index (χ1) is 13.7. The van der Waals surface area contributed by atoms with Gasteiger partial charge in [-0.05, 0) is 61.1 Å². The van der Waals surface area contributed by atoms with Gasteiger partial charge in [0.1, 0.15) is 5.69 Å². The fourth-order valence-corrected chi connectivity index (χ4v) is 4.16. The van der Waals surface area contributed by atoms with Gasteiger partial charge in [0.15, 0.2) is 0 Å². The molecular formula is C23H28N4O. The fourth-order valence-electron chi connectivity index (χ4n) is 4.16. The van der Waals surface area contributed by atoms with Crippen LogP contribution in [0.3, 0.4) is 0 Å². The molecule has 2 aromatic heterocycles. The topological polar surface area (TPSA) is 69.8 Å². The van der Waals surface area contributed by atoms with Gasteiger partial charge in [0, 0.05) is 43.1 Å². The lowest BCUT2D eigenvalue weighted by Crippen LogP contribution is -2.37. The van der Waals surface area contributed by atoms with Crippen LogP contribution in [0.15, 0.2) is 48.9 Å². The van der Waals surface area contributed by atoms with Crippen molar-refractivity contribution in [2.75, 3.05) is 6.54 Å². The average molecular weight is 377 g/mol. The number of nitrogens with zero attached hydrogens (tertiary/aromatic N) is 1. The van der Waals surface area contributed by atoms with Gasteiger partial charge >= 0.3 is 0 Å². The van der Waals surface area contributed by atoms with Crippen molar-refractivity contribution in [3.8, 4) is 0 Å². The highest BCUT2D eigenvalue weighted by molar-refractivity contribution is 5.93. The summed E-state index contributed by atoms with van der Waals surface area (Å²) in [5, 5.41) is 9.27. The van der Waals surface area contributed by atoms with Gasteiger partial charge in [-0.15, -0.1) is 0 Å². The maximum atomic E-state index is 12.2. The Morgan fingerprint density at radius 1 is 1.14 bits per heavy atom. The number of carbonyl (C=O) groups is 1. The highest BCUT2D eigenvalue weighted by atomic mass is 16.1. The Balaban J connectivity index is 1.23. The molecule has 5 heteroatoms. The van der Waals surface area contributed by atoms with Crippen molar-refractivity contribution < 1.29 is 4.79 Å². The van der Waals surface area contributed by atoms with Gasteiger partial charge in [-0.2, -0.15) is 0 Å². The van der Waals surface area contributed by atoms with Crippen molar-refractivity contribution in [1.82, 2.24) is 20.6 Å². The summed E-state index contributed by atoms with van der Waals surface area (Å²) >= 11 is 0. The molecule has 28 heavy (non-hydrogen) atoms. The minimum Gasteiger partial charge on any atom is -0.357 e. The van der Waals surface area contributed by atoms with E-state index in [4.69, 9.17) is 0 Å². The van der Waals surface area contributed by atoms with E-state index in [1.807, 2.05) is 31.6 Å². The fraction of sp³-hybridized carbons (Fsp3) is 0.391. The Kier molecular flexibility index (Phi) is 5.72. The van der Waals surface area contributed by atoms with Crippen molar-refractivity contribution in [3.63, 3.8) is 0 Å². The lowest BCUT2D eigenvalue weighted by molar-refractivity contribution is 0.0937. The van der Waals surface area contributed by atoms with Gasteiger partial charge in [0.05, 0.1) is 0 Å². The Hall–Kier alpha value is -2.66. The number of pyridine rings is 1. The minimum atomic E-state index is 0.00574. The van der Waals surface area contributed by atoms with E-state index in [1.165, 1.54) is 16.3 Å². The molecule has 0 atom stereocenters. The molecule has 1 aliphatic carbocycles. The zero-order valence-corrected chi connectivity index (χ0v) is 16.4. The van der Waals surface area contributed by atoms with Crippen LogP contribution in [0.5, 0.6) is 0 Å². The molecule has 0 aliphatic heterocycles. The number of aryl methyl sites for hydroxylation is 1. The number of hydrogen-bond donors (Lipinski definition) is 3. The number of fused-ring (bicyclic) bond motifs is 1. The van der Waals surface area contributed by atoms with Crippen LogP contribution in [0, 0.1) is 12.8 Å². The molecule has 1 fully saturated rings. The molecule has 0 saturated heterocycles. The van der Waals surface area contributed by atoms with E-state index in [0.717, 1.165) is 44.3 Å². The molecule has 4 rings (SSSR count). The maximum absolute atomic E-state index is 12.2. The van der Waals surface area contributed by atoms with Crippen molar-refractivity contribution in [3.05, 3.63) is 65.7 Å². The third-order valence-corrected chi connectivity index (χ3v) is 5.91. The van der Waals surface area contributed by atoms with Gasteiger partial charge in [-0.1, -0.05) is 24.3 Å².